The summed E-state index contributed by atoms with van der Waals surface area (Å²) in [5.74, 6) is 1.11. The van der Waals surface area contributed by atoms with E-state index < -0.39 is 0 Å². The van der Waals surface area contributed by atoms with E-state index in [1.165, 1.54) is 24.0 Å². The summed E-state index contributed by atoms with van der Waals surface area (Å²) in [7, 11) is 1.07. The highest BCUT2D eigenvalue weighted by Crippen LogP contribution is 2.22. The first-order valence-corrected chi connectivity index (χ1v) is 10.5. The van der Waals surface area contributed by atoms with Crippen LogP contribution in [0.25, 0.3) is 0 Å². The monoisotopic (exact) mass is 380 g/mol. The molecule has 2 fully saturated rings. The molecule has 0 aromatic carbocycles. The zero-order chi connectivity index (χ0) is 20.1. The van der Waals surface area contributed by atoms with Crippen molar-refractivity contribution in [2.75, 3.05) is 37.5 Å². The van der Waals surface area contributed by atoms with Gasteiger partial charge in [0, 0.05) is 44.6 Å². The third-order valence-corrected chi connectivity index (χ3v) is 6.07. The number of hydrogen-bond donors (Lipinski definition) is 0. The Kier molecular flexibility index (Phi) is 6.81. The van der Waals surface area contributed by atoms with E-state index in [0.29, 0.717) is 0 Å². The van der Waals surface area contributed by atoms with Gasteiger partial charge in [-0.2, -0.15) is 0 Å². The smallest absolute Gasteiger partial charge is 0.255 e. The molecule has 5 nitrogen and oxygen atoms in total. The van der Waals surface area contributed by atoms with Crippen molar-refractivity contribution >= 4 is 19.1 Å². The van der Waals surface area contributed by atoms with Crippen LogP contribution in [0.3, 0.4) is 0 Å². The van der Waals surface area contributed by atoms with Crippen molar-refractivity contribution in [3.05, 3.63) is 47.3 Å². The van der Waals surface area contributed by atoms with Crippen molar-refractivity contribution in [1.82, 2.24) is 14.8 Å². The van der Waals surface area contributed by atoms with Crippen molar-refractivity contribution in [2.45, 2.75) is 46.4 Å². The summed E-state index contributed by atoms with van der Waals surface area (Å²) < 4.78 is 0. The molecule has 0 bridgehead atoms. The predicted molar refractivity (Wildman–Crippen MR) is 118 cm³/mol. The highest BCUT2D eigenvalue weighted by atomic mass is 16.2. The fourth-order valence-corrected chi connectivity index (χ4v) is 3.92. The van der Waals surface area contributed by atoms with Crippen molar-refractivity contribution in [3.63, 3.8) is 0 Å². The van der Waals surface area contributed by atoms with Crippen LogP contribution in [0.15, 0.2) is 36.2 Å². The number of nitrogens with zero attached hydrogens (tertiary/aromatic N) is 4. The summed E-state index contributed by atoms with van der Waals surface area (Å²) in [6, 6.07) is 2.07. The Morgan fingerprint density at radius 2 is 1.93 bits per heavy atom. The summed E-state index contributed by atoms with van der Waals surface area (Å²) >= 11 is 0. The highest BCUT2D eigenvalue weighted by molar-refractivity contribution is 6.42. The number of aryl methyl sites for hydroxylation is 1. The van der Waals surface area contributed by atoms with Crippen LogP contribution in [0.5, 0.6) is 0 Å². The minimum Gasteiger partial charge on any atom is -0.404 e. The molecule has 1 aromatic heterocycles. The minimum absolute atomic E-state index is 0.105. The van der Waals surface area contributed by atoms with Crippen molar-refractivity contribution in [3.8, 4) is 0 Å². The summed E-state index contributed by atoms with van der Waals surface area (Å²) in [6.45, 7) is 14.8. The fraction of sp³-hybridized carbons (Fsp3) is 0.545. The van der Waals surface area contributed by atoms with Crippen molar-refractivity contribution in [2.24, 2.45) is 0 Å². The Morgan fingerprint density at radius 1 is 1.21 bits per heavy atom. The van der Waals surface area contributed by atoms with E-state index in [9.17, 15) is 4.79 Å². The van der Waals surface area contributed by atoms with Gasteiger partial charge in [0.05, 0.1) is 5.56 Å². The molecular formula is C22H33BN4O. The molecule has 0 atom stereocenters. The van der Waals surface area contributed by atoms with Gasteiger partial charge in [-0.05, 0) is 51.7 Å². The number of allylic oxidation sites excluding steroid dienone is 3. The summed E-state index contributed by atoms with van der Waals surface area (Å²) in [6.07, 6.45) is 8.44. The van der Waals surface area contributed by atoms with Gasteiger partial charge in [-0.25, -0.2) is 4.98 Å². The van der Waals surface area contributed by atoms with Gasteiger partial charge in [0.1, 0.15) is 5.82 Å². The average Bonchev–Trinajstić information content (AvgIpc) is 3.26. The van der Waals surface area contributed by atoms with Crippen LogP contribution < -0.4 is 4.81 Å². The molecule has 6 heteroatoms. The normalized spacial score (nSPS) is 17.7. The second-order valence-corrected chi connectivity index (χ2v) is 8.03. The third kappa shape index (κ3) is 4.78. The standard InChI is InChI=1S/C22H33BN4O/c1-5-17(2)7-8-19(4)25-11-13-26(14-12-25)22(28)20-16-24-21(15-18(20)3)27-10-6-9-23-27/h5,15-16,23H,4,6-14H2,1-3H3/b17-5-. The lowest BCUT2D eigenvalue weighted by molar-refractivity contribution is 0.0666. The second-order valence-electron chi connectivity index (χ2n) is 8.03. The Bertz CT molecular complexity index is 747. The van der Waals surface area contributed by atoms with E-state index in [0.717, 1.165) is 69.9 Å². The van der Waals surface area contributed by atoms with Crippen LogP contribution >= 0.6 is 0 Å². The zero-order valence-corrected chi connectivity index (χ0v) is 17.7. The predicted octanol–water partition coefficient (Wildman–Crippen LogP) is 3.39. The van der Waals surface area contributed by atoms with Gasteiger partial charge < -0.3 is 14.6 Å². The number of pyridine rings is 1. The molecular weight excluding hydrogens is 347 g/mol. The quantitative estimate of drug-likeness (QED) is 0.560. The van der Waals surface area contributed by atoms with E-state index in [-0.39, 0.29) is 5.91 Å². The summed E-state index contributed by atoms with van der Waals surface area (Å²) in [5.41, 5.74) is 4.34. The number of carbonyl (C=O) groups is 1. The van der Waals surface area contributed by atoms with Crippen molar-refractivity contribution in [1.29, 1.82) is 0 Å². The van der Waals surface area contributed by atoms with Gasteiger partial charge in [-0.3, -0.25) is 4.79 Å². The maximum Gasteiger partial charge on any atom is 0.255 e. The SMILES string of the molecule is C=C(CC/C(C)=C\C)N1CCN(C(=O)c2cnc(N3BCCC3)cc2C)CC1. The lowest BCUT2D eigenvalue weighted by atomic mass is 9.91. The summed E-state index contributed by atoms with van der Waals surface area (Å²) in [4.78, 5) is 24.2. The van der Waals surface area contributed by atoms with E-state index in [1.54, 1.807) is 6.20 Å². The van der Waals surface area contributed by atoms with E-state index >= 15 is 0 Å². The van der Waals surface area contributed by atoms with Crippen LogP contribution in [-0.4, -0.2) is 60.8 Å². The second kappa shape index (κ2) is 9.31. The molecule has 0 radical (unpaired) electrons. The lowest BCUT2D eigenvalue weighted by Gasteiger charge is -2.37. The summed E-state index contributed by atoms with van der Waals surface area (Å²) in [5, 5.41) is 0. The Balaban J connectivity index is 1.55. The molecule has 0 saturated carbocycles. The van der Waals surface area contributed by atoms with Gasteiger partial charge in [-0.15, -0.1) is 0 Å². The number of rotatable bonds is 6. The van der Waals surface area contributed by atoms with Crippen LogP contribution in [0, 0.1) is 6.92 Å². The maximum atomic E-state index is 13.0. The van der Waals surface area contributed by atoms with E-state index in [4.69, 9.17) is 0 Å². The largest absolute Gasteiger partial charge is 0.404 e. The number of aromatic nitrogens is 1. The molecule has 3 rings (SSSR count). The maximum absolute atomic E-state index is 13.0. The molecule has 2 aliphatic rings. The average molecular weight is 380 g/mol. The number of anilines is 1. The van der Waals surface area contributed by atoms with Crippen LogP contribution in [-0.2, 0) is 0 Å². The molecule has 1 aromatic rings. The van der Waals surface area contributed by atoms with E-state index in [2.05, 4.69) is 47.3 Å². The van der Waals surface area contributed by atoms with Crippen LogP contribution in [0.1, 0.15) is 49.0 Å². The molecule has 3 heterocycles. The highest BCUT2D eigenvalue weighted by Gasteiger charge is 2.24. The van der Waals surface area contributed by atoms with Crippen LogP contribution in [0.2, 0.25) is 6.32 Å². The molecule has 0 N–H and O–H groups in total. The molecule has 0 aliphatic carbocycles. The molecule has 2 aliphatic heterocycles. The van der Waals surface area contributed by atoms with Gasteiger partial charge in [0.2, 0.25) is 7.41 Å². The minimum atomic E-state index is 0.105. The molecule has 0 unspecified atom stereocenters. The lowest BCUT2D eigenvalue weighted by Crippen LogP contribution is -2.48. The number of amides is 1. The Morgan fingerprint density at radius 3 is 2.54 bits per heavy atom. The van der Waals surface area contributed by atoms with Gasteiger partial charge in [0.25, 0.3) is 5.91 Å². The first-order valence-electron chi connectivity index (χ1n) is 10.5. The first kappa shape index (κ1) is 20.5. The number of hydrogen-bond acceptors (Lipinski definition) is 4. The van der Waals surface area contributed by atoms with Gasteiger partial charge in [0.15, 0.2) is 0 Å². The first-order chi connectivity index (χ1) is 13.5. The number of carbonyl (C=O) groups excluding carboxylic acids is 1. The number of piperazine rings is 1. The molecule has 28 heavy (non-hydrogen) atoms. The zero-order valence-electron chi connectivity index (χ0n) is 17.7. The Labute approximate surface area is 170 Å². The van der Waals surface area contributed by atoms with Gasteiger partial charge in [-0.1, -0.05) is 24.5 Å². The van der Waals surface area contributed by atoms with E-state index in [1.807, 2.05) is 11.8 Å². The van der Waals surface area contributed by atoms with Crippen LogP contribution in [0.4, 0.5) is 5.82 Å². The Hall–Kier alpha value is -2.24. The van der Waals surface area contributed by atoms with Crippen molar-refractivity contribution < 1.29 is 4.79 Å². The molecule has 1 amide bonds. The third-order valence-electron chi connectivity index (χ3n) is 6.07. The molecule has 2 saturated heterocycles. The fourth-order valence-electron chi connectivity index (χ4n) is 3.92. The topological polar surface area (TPSA) is 39.7 Å². The molecule has 150 valence electrons. The van der Waals surface area contributed by atoms with Gasteiger partial charge >= 0.3 is 0 Å². The molecule has 0 spiro atoms.